The van der Waals surface area contributed by atoms with Gasteiger partial charge in [0.05, 0.1) is 0 Å². The van der Waals surface area contributed by atoms with Crippen molar-refractivity contribution in [2.24, 2.45) is 0 Å². The van der Waals surface area contributed by atoms with E-state index in [0.29, 0.717) is 0 Å². The quantitative estimate of drug-likeness (QED) is 0.608. The Morgan fingerprint density at radius 3 is 2.59 bits per heavy atom. The van der Waals surface area contributed by atoms with Gasteiger partial charge in [-0.2, -0.15) is 0 Å². The molecule has 0 bridgehead atoms. The highest BCUT2D eigenvalue weighted by Gasteiger charge is 2.05. The lowest BCUT2D eigenvalue weighted by Crippen LogP contribution is -2.26. The summed E-state index contributed by atoms with van der Waals surface area (Å²) in [5.41, 5.74) is 2.66. The van der Waals surface area contributed by atoms with E-state index >= 15 is 0 Å². The zero-order chi connectivity index (χ0) is 12.5. The van der Waals surface area contributed by atoms with Gasteiger partial charge in [-0.3, -0.25) is 4.90 Å². The Balaban J connectivity index is 2.56. The molecule has 0 saturated heterocycles. The molecule has 0 aliphatic carbocycles. The van der Waals surface area contributed by atoms with Crippen LogP contribution in [-0.2, 0) is 6.54 Å². The summed E-state index contributed by atoms with van der Waals surface area (Å²) in [5, 5.41) is 0. The molecule has 1 aromatic rings. The first kappa shape index (κ1) is 13.7. The molecule has 1 heteroatoms. The number of hydrogen-bond donors (Lipinski definition) is 0. The van der Waals surface area contributed by atoms with Crippen LogP contribution in [0.4, 0.5) is 0 Å². The van der Waals surface area contributed by atoms with Gasteiger partial charge in [-0.1, -0.05) is 55.5 Å². The van der Waals surface area contributed by atoms with E-state index in [1.807, 2.05) is 6.08 Å². The van der Waals surface area contributed by atoms with Crippen LogP contribution in [0.3, 0.4) is 0 Å². The van der Waals surface area contributed by atoms with Gasteiger partial charge in [0.15, 0.2) is 0 Å². The third-order valence-electron chi connectivity index (χ3n) is 2.85. The lowest BCUT2D eigenvalue weighted by molar-refractivity contribution is 0.292. The van der Waals surface area contributed by atoms with Crippen LogP contribution in [0, 0.1) is 0 Å². The van der Waals surface area contributed by atoms with E-state index in [0.717, 1.165) is 32.5 Å². The Hall–Kier alpha value is -1.34. The van der Waals surface area contributed by atoms with E-state index in [2.05, 4.69) is 55.3 Å². The van der Waals surface area contributed by atoms with Gasteiger partial charge in [0.2, 0.25) is 0 Å². The molecule has 0 heterocycles. The number of rotatable bonds is 8. The molecule has 0 spiro atoms. The van der Waals surface area contributed by atoms with E-state index < -0.39 is 0 Å². The molecule has 0 fully saturated rings. The van der Waals surface area contributed by atoms with Crippen molar-refractivity contribution in [2.75, 3.05) is 13.1 Å². The van der Waals surface area contributed by atoms with Crippen molar-refractivity contribution in [3.05, 3.63) is 60.7 Å². The minimum absolute atomic E-state index is 0.985. The number of hydrogen-bond acceptors (Lipinski definition) is 1. The molecule has 92 valence electrons. The summed E-state index contributed by atoms with van der Waals surface area (Å²) in [6, 6.07) is 10.6. The highest BCUT2D eigenvalue weighted by atomic mass is 15.1. The molecule has 0 unspecified atom stereocenters. The molecule has 0 amide bonds. The monoisotopic (exact) mass is 229 g/mol. The summed E-state index contributed by atoms with van der Waals surface area (Å²) in [7, 11) is 0. The van der Waals surface area contributed by atoms with Crippen LogP contribution in [0.25, 0.3) is 0 Å². The van der Waals surface area contributed by atoms with Crippen molar-refractivity contribution in [3.8, 4) is 0 Å². The lowest BCUT2D eigenvalue weighted by atomic mass is 10.1. The first-order valence-corrected chi connectivity index (χ1v) is 6.30. The molecule has 1 nitrogen and oxygen atoms in total. The smallest absolute Gasteiger partial charge is 0.0237 e. The Morgan fingerprint density at radius 2 is 2.00 bits per heavy atom. The Bertz CT molecular complexity index is 340. The van der Waals surface area contributed by atoms with Crippen LogP contribution < -0.4 is 0 Å². The number of benzene rings is 1. The maximum absolute atomic E-state index is 4.10. The fourth-order valence-electron chi connectivity index (χ4n) is 1.76. The van der Waals surface area contributed by atoms with E-state index in [4.69, 9.17) is 0 Å². The molecule has 17 heavy (non-hydrogen) atoms. The minimum atomic E-state index is 0.985. The van der Waals surface area contributed by atoms with Crippen molar-refractivity contribution in [3.63, 3.8) is 0 Å². The SMILES string of the molecule is C=CCCN(CC(=C)CC)Cc1ccccc1. The van der Waals surface area contributed by atoms with Crippen molar-refractivity contribution >= 4 is 0 Å². The van der Waals surface area contributed by atoms with E-state index in [1.54, 1.807) is 0 Å². The zero-order valence-electron chi connectivity index (χ0n) is 10.9. The molecule has 0 aliphatic heterocycles. The summed E-state index contributed by atoms with van der Waals surface area (Å²) in [6.07, 6.45) is 4.07. The largest absolute Gasteiger partial charge is 0.295 e. The summed E-state index contributed by atoms with van der Waals surface area (Å²) < 4.78 is 0. The van der Waals surface area contributed by atoms with E-state index in [-0.39, 0.29) is 0 Å². The van der Waals surface area contributed by atoms with Crippen molar-refractivity contribution in [1.29, 1.82) is 0 Å². The molecule has 0 aliphatic rings. The Kier molecular flexibility index (Phi) is 6.34. The molecule has 0 saturated carbocycles. The van der Waals surface area contributed by atoms with Crippen molar-refractivity contribution < 1.29 is 0 Å². The van der Waals surface area contributed by atoms with Crippen molar-refractivity contribution in [2.45, 2.75) is 26.3 Å². The predicted molar refractivity (Wildman–Crippen MR) is 76.0 cm³/mol. The third-order valence-corrected chi connectivity index (χ3v) is 2.85. The lowest BCUT2D eigenvalue weighted by Gasteiger charge is -2.22. The Morgan fingerprint density at radius 1 is 1.29 bits per heavy atom. The third kappa shape index (κ3) is 5.50. The molecular weight excluding hydrogens is 206 g/mol. The fourth-order valence-corrected chi connectivity index (χ4v) is 1.76. The summed E-state index contributed by atoms with van der Waals surface area (Å²) in [5.74, 6) is 0. The number of nitrogens with zero attached hydrogens (tertiary/aromatic N) is 1. The van der Waals surface area contributed by atoms with E-state index in [9.17, 15) is 0 Å². The second-order valence-corrected chi connectivity index (χ2v) is 4.38. The minimum Gasteiger partial charge on any atom is -0.295 e. The normalized spacial score (nSPS) is 10.5. The highest BCUT2D eigenvalue weighted by molar-refractivity contribution is 5.14. The van der Waals surface area contributed by atoms with Gasteiger partial charge < -0.3 is 0 Å². The van der Waals surface area contributed by atoms with Gasteiger partial charge in [0.25, 0.3) is 0 Å². The van der Waals surface area contributed by atoms with Crippen LogP contribution in [0.1, 0.15) is 25.3 Å². The molecule has 0 radical (unpaired) electrons. The van der Waals surface area contributed by atoms with Crippen LogP contribution in [0.2, 0.25) is 0 Å². The van der Waals surface area contributed by atoms with E-state index in [1.165, 1.54) is 11.1 Å². The average Bonchev–Trinajstić information content (AvgIpc) is 2.37. The molecule has 0 N–H and O–H groups in total. The van der Waals surface area contributed by atoms with Gasteiger partial charge in [-0.15, -0.1) is 6.58 Å². The van der Waals surface area contributed by atoms with Gasteiger partial charge >= 0.3 is 0 Å². The highest BCUT2D eigenvalue weighted by Crippen LogP contribution is 2.08. The van der Waals surface area contributed by atoms with Gasteiger partial charge in [0.1, 0.15) is 0 Å². The maximum Gasteiger partial charge on any atom is 0.0237 e. The first-order valence-electron chi connectivity index (χ1n) is 6.30. The summed E-state index contributed by atoms with van der Waals surface area (Å²) in [4.78, 5) is 2.43. The molecule has 1 rings (SSSR count). The maximum atomic E-state index is 4.10. The van der Waals surface area contributed by atoms with Crippen LogP contribution in [0.15, 0.2) is 55.1 Å². The second kappa shape index (κ2) is 7.86. The van der Waals surface area contributed by atoms with Crippen LogP contribution >= 0.6 is 0 Å². The standard InChI is InChI=1S/C16H23N/c1-4-6-12-17(13-15(3)5-2)14-16-10-8-7-9-11-16/h4,7-11H,1,3,5-6,12-14H2,2H3. The average molecular weight is 229 g/mol. The summed E-state index contributed by atoms with van der Waals surface area (Å²) >= 11 is 0. The predicted octanol–water partition coefficient (Wildman–Crippen LogP) is 4.03. The molecule has 0 aromatic heterocycles. The Labute approximate surface area is 105 Å². The van der Waals surface area contributed by atoms with Gasteiger partial charge in [0, 0.05) is 19.6 Å². The molecule has 1 aromatic carbocycles. The van der Waals surface area contributed by atoms with Gasteiger partial charge in [-0.25, -0.2) is 0 Å². The van der Waals surface area contributed by atoms with Gasteiger partial charge in [-0.05, 0) is 18.4 Å². The molecule has 0 atom stereocenters. The summed E-state index contributed by atoms with van der Waals surface area (Å²) in [6.45, 7) is 13.1. The van der Waals surface area contributed by atoms with Crippen molar-refractivity contribution in [1.82, 2.24) is 4.90 Å². The second-order valence-electron chi connectivity index (χ2n) is 4.38. The van der Waals surface area contributed by atoms with Crippen LogP contribution in [0.5, 0.6) is 0 Å². The fraction of sp³-hybridized carbons (Fsp3) is 0.375. The topological polar surface area (TPSA) is 3.24 Å². The molecular formula is C16H23N. The first-order chi connectivity index (χ1) is 8.26. The van der Waals surface area contributed by atoms with Crippen LogP contribution in [-0.4, -0.2) is 18.0 Å². The zero-order valence-corrected chi connectivity index (χ0v) is 10.9.